The number of aromatic nitrogens is 2. The maximum absolute atomic E-state index is 13.1. The molecule has 0 spiro atoms. The van der Waals surface area contributed by atoms with Crippen LogP contribution in [-0.2, 0) is 12.6 Å². The molecule has 1 aliphatic rings. The molecular formula is C20H27F3N6. The van der Waals surface area contributed by atoms with Gasteiger partial charge >= 0.3 is 6.18 Å². The Morgan fingerprint density at radius 1 is 1.21 bits per heavy atom. The number of anilines is 4. The molecule has 1 aromatic heterocycles. The first kappa shape index (κ1) is 21.2. The van der Waals surface area contributed by atoms with Gasteiger partial charge in [0.25, 0.3) is 0 Å². The van der Waals surface area contributed by atoms with E-state index in [1.54, 1.807) is 0 Å². The van der Waals surface area contributed by atoms with Crippen molar-refractivity contribution >= 4 is 23.1 Å². The molecule has 0 amide bonds. The molecule has 2 heterocycles. The summed E-state index contributed by atoms with van der Waals surface area (Å²) in [6.45, 7) is 3.80. The number of nitrogens with zero attached hydrogens (tertiary/aromatic N) is 3. The first-order chi connectivity index (χ1) is 13.8. The van der Waals surface area contributed by atoms with Gasteiger partial charge in [-0.3, -0.25) is 0 Å². The van der Waals surface area contributed by atoms with E-state index in [-0.39, 0.29) is 17.3 Å². The highest BCUT2D eigenvalue weighted by atomic mass is 19.4. The predicted molar refractivity (Wildman–Crippen MR) is 109 cm³/mol. The van der Waals surface area contributed by atoms with Crippen molar-refractivity contribution in [3.63, 3.8) is 0 Å². The molecule has 158 valence electrons. The Morgan fingerprint density at radius 2 is 2.00 bits per heavy atom. The molecule has 9 heteroatoms. The number of benzene rings is 1. The Labute approximate surface area is 168 Å². The van der Waals surface area contributed by atoms with E-state index in [0.717, 1.165) is 62.4 Å². The second-order valence-electron chi connectivity index (χ2n) is 7.33. The van der Waals surface area contributed by atoms with Gasteiger partial charge in [0.15, 0.2) is 0 Å². The lowest BCUT2D eigenvalue weighted by Crippen LogP contribution is -2.30. The van der Waals surface area contributed by atoms with Crippen molar-refractivity contribution in [1.82, 2.24) is 15.3 Å². The fourth-order valence-corrected chi connectivity index (χ4v) is 3.41. The molecular weight excluding hydrogens is 381 g/mol. The van der Waals surface area contributed by atoms with Crippen LogP contribution in [0.1, 0.15) is 37.4 Å². The van der Waals surface area contributed by atoms with E-state index in [9.17, 15) is 13.2 Å². The second-order valence-corrected chi connectivity index (χ2v) is 7.33. The molecule has 4 N–H and O–H groups in total. The summed E-state index contributed by atoms with van der Waals surface area (Å²) in [6.07, 6.45) is -0.672. The minimum atomic E-state index is -4.47. The summed E-state index contributed by atoms with van der Waals surface area (Å²) in [4.78, 5) is 11.2. The maximum atomic E-state index is 13.1. The molecule has 0 aliphatic carbocycles. The Bertz CT molecular complexity index is 839. The van der Waals surface area contributed by atoms with Gasteiger partial charge in [0, 0.05) is 42.3 Å². The predicted octanol–water partition coefficient (Wildman–Crippen LogP) is 3.96. The van der Waals surface area contributed by atoms with E-state index in [2.05, 4.69) is 32.4 Å². The van der Waals surface area contributed by atoms with E-state index < -0.39 is 11.7 Å². The fraction of sp³-hybridized carbons (Fsp3) is 0.500. The number of hydrogen-bond donors (Lipinski definition) is 3. The number of alkyl halides is 3. The standard InChI is InChI=1S/C20H27F3N6/c1-3-4-5-15-11-18(29-7-6-16(12-29)25-2)28-19(26-15)27-17-9-13(20(21,22)23)8-14(24)10-17/h8-11,16,25H,3-7,12,24H2,1-2H3,(H,26,27,28). The Balaban J connectivity index is 1.90. The van der Waals surface area contributed by atoms with Crippen LogP contribution in [0.2, 0.25) is 0 Å². The van der Waals surface area contributed by atoms with E-state index in [0.29, 0.717) is 6.04 Å². The smallest absolute Gasteiger partial charge is 0.399 e. The lowest BCUT2D eigenvalue weighted by Gasteiger charge is -2.19. The molecule has 1 atom stereocenters. The van der Waals surface area contributed by atoms with E-state index in [4.69, 9.17) is 5.73 Å². The summed E-state index contributed by atoms with van der Waals surface area (Å²) in [5, 5.41) is 6.19. The lowest BCUT2D eigenvalue weighted by atomic mass is 10.1. The van der Waals surface area contributed by atoms with Gasteiger partial charge < -0.3 is 21.3 Å². The van der Waals surface area contributed by atoms with Crippen LogP contribution < -0.4 is 21.3 Å². The third-order valence-corrected chi connectivity index (χ3v) is 5.01. The topological polar surface area (TPSA) is 79.1 Å². The number of aryl methyl sites for hydroxylation is 1. The molecule has 29 heavy (non-hydrogen) atoms. The van der Waals surface area contributed by atoms with Crippen LogP contribution in [0.25, 0.3) is 0 Å². The molecule has 1 fully saturated rings. The fourth-order valence-electron chi connectivity index (χ4n) is 3.41. The minimum Gasteiger partial charge on any atom is -0.399 e. The summed E-state index contributed by atoms with van der Waals surface area (Å²) in [7, 11) is 1.94. The Kier molecular flexibility index (Phi) is 6.46. The van der Waals surface area contributed by atoms with Gasteiger partial charge in [0.2, 0.25) is 5.95 Å². The van der Waals surface area contributed by atoms with Crippen LogP contribution in [0.4, 0.5) is 36.3 Å². The van der Waals surface area contributed by atoms with Gasteiger partial charge in [-0.15, -0.1) is 0 Å². The SMILES string of the molecule is CCCCc1cc(N2CCC(NC)C2)nc(Nc2cc(N)cc(C(F)(F)F)c2)n1. The largest absolute Gasteiger partial charge is 0.416 e. The molecule has 2 aromatic rings. The van der Waals surface area contributed by atoms with Crippen molar-refractivity contribution in [2.45, 2.75) is 44.8 Å². The average Bonchev–Trinajstić information content (AvgIpc) is 3.14. The molecule has 1 saturated heterocycles. The highest BCUT2D eigenvalue weighted by Crippen LogP contribution is 2.33. The van der Waals surface area contributed by atoms with Crippen molar-refractivity contribution in [3.05, 3.63) is 35.5 Å². The average molecular weight is 408 g/mol. The van der Waals surface area contributed by atoms with Crippen LogP contribution in [0, 0.1) is 0 Å². The summed E-state index contributed by atoms with van der Waals surface area (Å²) in [5.74, 6) is 1.06. The number of unbranched alkanes of at least 4 members (excludes halogenated alkanes) is 1. The summed E-state index contributed by atoms with van der Waals surface area (Å²) in [5.41, 5.74) is 5.97. The van der Waals surface area contributed by atoms with Crippen molar-refractivity contribution in [3.8, 4) is 0 Å². The number of nitrogens with two attached hydrogens (primary N) is 1. The first-order valence-corrected chi connectivity index (χ1v) is 9.83. The number of likely N-dealkylation sites (N-methyl/N-ethyl adjacent to an activating group) is 1. The minimum absolute atomic E-state index is 0.0288. The van der Waals surface area contributed by atoms with E-state index in [1.807, 2.05) is 13.1 Å². The molecule has 0 saturated carbocycles. The Hall–Kier alpha value is -2.55. The summed E-state index contributed by atoms with van der Waals surface area (Å²) >= 11 is 0. The normalized spacial score (nSPS) is 17.0. The third kappa shape index (κ3) is 5.50. The number of hydrogen-bond acceptors (Lipinski definition) is 6. The van der Waals surface area contributed by atoms with E-state index >= 15 is 0 Å². The van der Waals surface area contributed by atoms with Crippen LogP contribution >= 0.6 is 0 Å². The monoisotopic (exact) mass is 408 g/mol. The van der Waals surface area contributed by atoms with Crippen LogP contribution in [0.15, 0.2) is 24.3 Å². The third-order valence-electron chi connectivity index (χ3n) is 5.01. The zero-order chi connectivity index (χ0) is 21.0. The highest BCUT2D eigenvalue weighted by Gasteiger charge is 2.31. The number of halogens is 3. The van der Waals surface area contributed by atoms with Crippen LogP contribution in [-0.4, -0.2) is 36.1 Å². The zero-order valence-electron chi connectivity index (χ0n) is 16.7. The number of nitrogens with one attached hydrogen (secondary N) is 2. The van der Waals surface area contributed by atoms with Crippen LogP contribution in [0.3, 0.4) is 0 Å². The molecule has 0 bridgehead atoms. The summed E-state index contributed by atoms with van der Waals surface area (Å²) in [6, 6.07) is 5.75. The molecule has 1 aliphatic heterocycles. The highest BCUT2D eigenvalue weighted by molar-refractivity contribution is 5.63. The molecule has 3 rings (SSSR count). The summed E-state index contributed by atoms with van der Waals surface area (Å²) < 4.78 is 39.3. The molecule has 1 unspecified atom stereocenters. The van der Waals surface area contributed by atoms with Crippen molar-refractivity contribution in [1.29, 1.82) is 0 Å². The van der Waals surface area contributed by atoms with Crippen molar-refractivity contribution in [2.24, 2.45) is 0 Å². The van der Waals surface area contributed by atoms with Gasteiger partial charge in [-0.25, -0.2) is 4.98 Å². The maximum Gasteiger partial charge on any atom is 0.416 e. The quantitative estimate of drug-likeness (QED) is 0.602. The lowest BCUT2D eigenvalue weighted by molar-refractivity contribution is -0.137. The van der Waals surface area contributed by atoms with Gasteiger partial charge in [-0.1, -0.05) is 13.3 Å². The van der Waals surface area contributed by atoms with Gasteiger partial charge in [0.05, 0.1) is 5.56 Å². The first-order valence-electron chi connectivity index (χ1n) is 9.83. The number of nitrogen functional groups attached to an aromatic ring is 1. The molecule has 1 aromatic carbocycles. The molecule has 0 radical (unpaired) electrons. The van der Waals surface area contributed by atoms with E-state index in [1.165, 1.54) is 6.07 Å². The van der Waals surface area contributed by atoms with Gasteiger partial charge in [-0.2, -0.15) is 18.2 Å². The van der Waals surface area contributed by atoms with Crippen molar-refractivity contribution in [2.75, 3.05) is 36.1 Å². The zero-order valence-corrected chi connectivity index (χ0v) is 16.7. The van der Waals surface area contributed by atoms with Gasteiger partial charge in [0.1, 0.15) is 5.82 Å². The van der Waals surface area contributed by atoms with Gasteiger partial charge in [-0.05, 0) is 44.5 Å². The second kappa shape index (κ2) is 8.86. The number of rotatable bonds is 7. The van der Waals surface area contributed by atoms with Crippen LogP contribution in [0.5, 0.6) is 0 Å². The van der Waals surface area contributed by atoms with Crippen molar-refractivity contribution < 1.29 is 13.2 Å². The molecule has 6 nitrogen and oxygen atoms in total. The Morgan fingerprint density at radius 3 is 2.66 bits per heavy atom.